The molecule has 122 valence electrons. The molecule has 0 amide bonds. The molecule has 1 aromatic carbocycles. The van der Waals surface area contributed by atoms with Gasteiger partial charge in [-0.3, -0.25) is 4.90 Å². The van der Waals surface area contributed by atoms with Crippen LogP contribution in [0.4, 0.5) is 13.2 Å². The Morgan fingerprint density at radius 3 is 2.61 bits per heavy atom. The lowest BCUT2D eigenvalue weighted by Crippen LogP contribution is -2.25. The van der Waals surface area contributed by atoms with Gasteiger partial charge in [-0.05, 0) is 30.2 Å². The number of rotatable bonds is 3. The number of alkyl halides is 3. The van der Waals surface area contributed by atoms with Crippen LogP contribution in [0.15, 0.2) is 42.7 Å². The summed E-state index contributed by atoms with van der Waals surface area (Å²) < 4.78 is 38.7. The molecule has 1 aliphatic rings. The summed E-state index contributed by atoms with van der Waals surface area (Å²) in [4.78, 5) is 10.2. The number of hydrogen-bond acceptors (Lipinski definition) is 4. The van der Waals surface area contributed by atoms with Crippen LogP contribution in [-0.2, 0) is 12.7 Å². The number of aromatic nitrogens is 2. The molecule has 2 atom stereocenters. The van der Waals surface area contributed by atoms with Gasteiger partial charge in [0.15, 0.2) is 0 Å². The molecule has 7 heteroatoms. The Labute approximate surface area is 131 Å². The van der Waals surface area contributed by atoms with Crippen LogP contribution >= 0.6 is 0 Å². The predicted molar refractivity (Wildman–Crippen MR) is 77.3 cm³/mol. The van der Waals surface area contributed by atoms with Crippen LogP contribution in [0.3, 0.4) is 0 Å². The van der Waals surface area contributed by atoms with E-state index in [1.54, 1.807) is 24.5 Å². The average Bonchev–Trinajstić information content (AvgIpc) is 2.88. The third-order valence-electron chi connectivity index (χ3n) is 3.94. The van der Waals surface area contributed by atoms with Crippen molar-refractivity contribution in [3.8, 4) is 0 Å². The van der Waals surface area contributed by atoms with Crippen LogP contribution in [-0.4, -0.2) is 32.6 Å². The van der Waals surface area contributed by atoms with Gasteiger partial charge in [-0.25, -0.2) is 9.97 Å². The molecule has 0 saturated carbocycles. The lowest BCUT2D eigenvalue weighted by Gasteiger charge is -2.24. The molecule has 0 aliphatic carbocycles. The summed E-state index contributed by atoms with van der Waals surface area (Å²) in [6, 6.07) is 6.70. The molecule has 0 radical (unpaired) electrons. The van der Waals surface area contributed by atoms with E-state index >= 15 is 0 Å². The van der Waals surface area contributed by atoms with Crippen molar-refractivity contribution in [1.82, 2.24) is 14.9 Å². The molecule has 2 aromatic rings. The summed E-state index contributed by atoms with van der Waals surface area (Å²) >= 11 is 0. The van der Waals surface area contributed by atoms with E-state index in [0.29, 0.717) is 30.9 Å². The van der Waals surface area contributed by atoms with Gasteiger partial charge in [-0.15, -0.1) is 0 Å². The summed E-state index contributed by atoms with van der Waals surface area (Å²) in [5, 5.41) is 9.93. The van der Waals surface area contributed by atoms with Crippen molar-refractivity contribution in [1.29, 1.82) is 0 Å². The first-order valence-corrected chi connectivity index (χ1v) is 7.28. The minimum atomic E-state index is -4.37. The zero-order chi connectivity index (χ0) is 16.4. The third-order valence-corrected chi connectivity index (χ3v) is 3.94. The fraction of sp³-hybridized carbons (Fsp3) is 0.375. The van der Waals surface area contributed by atoms with Crippen molar-refractivity contribution in [3.05, 3.63) is 59.7 Å². The number of likely N-dealkylation sites (tertiary alicyclic amines) is 1. The largest absolute Gasteiger partial charge is 0.416 e. The van der Waals surface area contributed by atoms with Crippen molar-refractivity contribution in [2.24, 2.45) is 0 Å². The molecule has 1 aromatic heterocycles. The van der Waals surface area contributed by atoms with Crippen molar-refractivity contribution in [2.45, 2.75) is 31.3 Å². The van der Waals surface area contributed by atoms with Gasteiger partial charge in [0.1, 0.15) is 5.82 Å². The minimum absolute atomic E-state index is 0.281. The molecule has 3 rings (SSSR count). The standard InChI is InChI=1S/C16H16F3N3O/c17-16(18,19)12-4-1-3-11(7-12)14-8-13(23)9-22(14)10-15-20-5-2-6-21-15/h1-7,13-14,23H,8-10H2/t13-,14-/m1/s1. The Morgan fingerprint density at radius 1 is 1.17 bits per heavy atom. The molecular weight excluding hydrogens is 307 g/mol. The van der Waals surface area contributed by atoms with Gasteiger partial charge < -0.3 is 5.11 Å². The maximum atomic E-state index is 12.9. The summed E-state index contributed by atoms with van der Waals surface area (Å²) in [7, 11) is 0. The minimum Gasteiger partial charge on any atom is -0.392 e. The number of β-amino-alcohol motifs (C(OH)–C–C–N with tert-alkyl or cyclic N) is 1. The van der Waals surface area contributed by atoms with Crippen molar-refractivity contribution < 1.29 is 18.3 Å². The lowest BCUT2D eigenvalue weighted by molar-refractivity contribution is -0.137. The Balaban J connectivity index is 1.85. The van der Waals surface area contributed by atoms with Gasteiger partial charge >= 0.3 is 6.18 Å². The van der Waals surface area contributed by atoms with E-state index in [2.05, 4.69) is 9.97 Å². The Morgan fingerprint density at radius 2 is 1.91 bits per heavy atom. The van der Waals surface area contributed by atoms with E-state index in [0.717, 1.165) is 12.1 Å². The highest BCUT2D eigenvalue weighted by Gasteiger charge is 2.35. The molecule has 0 bridgehead atoms. The number of nitrogens with zero attached hydrogens (tertiary/aromatic N) is 3. The molecular formula is C16H16F3N3O. The highest BCUT2D eigenvalue weighted by molar-refractivity contribution is 5.29. The number of aliphatic hydroxyl groups is 1. The Hall–Kier alpha value is -1.99. The van der Waals surface area contributed by atoms with Crippen LogP contribution in [0.25, 0.3) is 0 Å². The molecule has 4 nitrogen and oxygen atoms in total. The number of hydrogen-bond donors (Lipinski definition) is 1. The van der Waals surface area contributed by atoms with E-state index in [1.165, 1.54) is 6.07 Å². The second-order valence-corrected chi connectivity index (χ2v) is 5.62. The molecule has 2 heterocycles. The average molecular weight is 323 g/mol. The quantitative estimate of drug-likeness (QED) is 0.944. The fourth-order valence-electron chi connectivity index (χ4n) is 2.92. The molecule has 1 aliphatic heterocycles. The van der Waals surface area contributed by atoms with Crippen molar-refractivity contribution in [2.75, 3.05) is 6.54 Å². The van der Waals surface area contributed by atoms with Gasteiger partial charge in [0, 0.05) is 25.0 Å². The SMILES string of the molecule is O[C@@H]1C[C@H](c2cccc(C(F)(F)F)c2)N(Cc2ncccn2)C1. The van der Waals surface area contributed by atoms with Crippen molar-refractivity contribution in [3.63, 3.8) is 0 Å². The second-order valence-electron chi connectivity index (χ2n) is 5.62. The number of aliphatic hydroxyl groups excluding tert-OH is 1. The van der Waals surface area contributed by atoms with Gasteiger partial charge in [0.25, 0.3) is 0 Å². The predicted octanol–water partition coefficient (Wildman–Crippen LogP) is 2.80. The maximum Gasteiger partial charge on any atom is 0.416 e. The summed E-state index contributed by atoms with van der Waals surface area (Å²) in [6.07, 6.45) is -1.31. The van der Waals surface area contributed by atoms with Gasteiger partial charge in [-0.2, -0.15) is 13.2 Å². The van der Waals surface area contributed by atoms with Crippen molar-refractivity contribution >= 4 is 0 Å². The highest BCUT2D eigenvalue weighted by Crippen LogP contribution is 2.36. The van der Waals surface area contributed by atoms with Gasteiger partial charge in [-0.1, -0.05) is 12.1 Å². The smallest absolute Gasteiger partial charge is 0.392 e. The zero-order valence-electron chi connectivity index (χ0n) is 12.2. The Bertz CT molecular complexity index is 663. The Kier molecular flexibility index (Phi) is 4.32. The zero-order valence-corrected chi connectivity index (χ0v) is 12.2. The van der Waals surface area contributed by atoms with Crippen LogP contribution < -0.4 is 0 Å². The summed E-state index contributed by atoms with van der Waals surface area (Å²) in [5.41, 5.74) is -0.125. The number of halogens is 3. The first-order valence-electron chi connectivity index (χ1n) is 7.28. The molecule has 0 spiro atoms. The summed E-state index contributed by atoms with van der Waals surface area (Å²) in [5.74, 6) is 0.582. The van der Waals surface area contributed by atoms with Crippen LogP contribution in [0, 0.1) is 0 Å². The van der Waals surface area contributed by atoms with E-state index in [1.807, 2.05) is 4.90 Å². The third kappa shape index (κ3) is 3.68. The van der Waals surface area contributed by atoms with Crippen LogP contribution in [0.5, 0.6) is 0 Å². The monoisotopic (exact) mass is 323 g/mol. The molecule has 23 heavy (non-hydrogen) atoms. The molecule has 1 fully saturated rings. The first-order chi connectivity index (χ1) is 10.9. The summed E-state index contributed by atoms with van der Waals surface area (Å²) in [6.45, 7) is 0.776. The van der Waals surface area contributed by atoms with E-state index in [4.69, 9.17) is 0 Å². The maximum absolute atomic E-state index is 12.9. The molecule has 1 N–H and O–H groups in total. The lowest BCUT2D eigenvalue weighted by atomic mass is 10.0. The number of benzene rings is 1. The van der Waals surface area contributed by atoms with E-state index < -0.39 is 17.8 Å². The molecule has 1 saturated heterocycles. The topological polar surface area (TPSA) is 49.2 Å². The van der Waals surface area contributed by atoms with E-state index in [-0.39, 0.29) is 6.04 Å². The highest BCUT2D eigenvalue weighted by atomic mass is 19.4. The second kappa shape index (κ2) is 6.25. The van der Waals surface area contributed by atoms with Crippen LogP contribution in [0.2, 0.25) is 0 Å². The fourth-order valence-corrected chi connectivity index (χ4v) is 2.92. The van der Waals surface area contributed by atoms with Gasteiger partial charge in [0.2, 0.25) is 0 Å². The normalized spacial score (nSPS) is 22.4. The van der Waals surface area contributed by atoms with E-state index in [9.17, 15) is 18.3 Å². The van der Waals surface area contributed by atoms with Crippen LogP contribution in [0.1, 0.15) is 29.4 Å². The van der Waals surface area contributed by atoms with Gasteiger partial charge in [0.05, 0.1) is 18.2 Å². The molecule has 0 unspecified atom stereocenters. The first kappa shape index (κ1) is 15.9.